The minimum absolute atomic E-state index is 0.0110. The van der Waals surface area contributed by atoms with Crippen LogP contribution in [0.1, 0.15) is 32.1 Å². The largest absolute Gasteiger partial charge is 0.461 e. The van der Waals surface area contributed by atoms with Crippen LogP contribution in [-0.2, 0) is 5.41 Å². The summed E-state index contributed by atoms with van der Waals surface area (Å²) in [7, 11) is 0. The molecule has 0 spiro atoms. The Hall–Kier alpha value is -3.92. The topological polar surface area (TPSA) is 52.1 Å². The number of nitrogens with zero attached hydrogens (tertiary/aromatic N) is 2. The highest BCUT2D eigenvalue weighted by Gasteiger charge is 2.21. The van der Waals surface area contributed by atoms with E-state index in [9.17, 15) is 0 Å². The number of rotatable bonds is 2. The van der Waals surface area contributed by atoms with Gasteiger partial charge in [-0.15, -0.1) is 0 Å². The molecule has 0 aliphatic rings. The molecule has 3 heterocycles. The van der Waals surface area contributed by atoms with Crippen molar-refractivity contribution in [1.29, 1.82) is 0 Å². The number of aryl methyl sites for hydroxylation is 1. The third-order valence-electron chi connectivity index (χ3n) is 6.19. The fourth-order valence-electron chi connectivity index (χ4n) is 4.65. The van der Waals surface area contributed by atoms with Gasteiger partial charge in [0.1, 0.15) is 34.6 Å². The Balaban J connectivity index is 1.59. The zero-order valence-electron chi connectivity index (χ0n) is 19.1. The third kappa shape index (κ3) is 3.21. The van der Waals surface area contributed by atoms with Crippen molar-refractivity contribution in [2.45, 2.75) is 33.1 Å². The lowest BCUT2D eigenvalue weighted by Crippen LogP contribution is -2.12. The lowest BCUT2D eigenvalue weighted by molar-refractivity contribution is 0.575. The highest BCUT2D eigenvalue weighted by Crippen LogP contribution is 2.39. The van der Waals surface area contributed by atoms with Gasteiger partial charge in [0, 0.05) is 17.0 Å². The summed E-state index contributed by atoms with van der Waals surface area (Å²) in [5.74, 6) is 1.60. The van der Waals surface area contributed by atoms with E-state index in [0.717, 1.165) is 44.8 Å². The molecular formula is C29H24N2O2. The molecule has 0 atom stereocenters. The number of aromatic nitrogens is 2. The van der Waals surface area contributed by atoms with Crippen LogP contribution < -0.4 is 0 Å². The second-order valence-corrected chi connectivity index (χ2v) is 9.62. The minimum atomic E-state index is -0.0110. The van der Waals surface area contributed by atoms with Crippen molar-refractivity contribution >= 4 is 32.8 Å². The van der Waals surface area contributed by atoms with Crippen molar-refractivity contribution in [3.8, 4) is 22.6 Å². The molecule has 0 aliphatic heterocycles. The summed E-state index contributed by atoms with van der Waals surface area (Å²) in [5.41, 5.74) is 6.30. The van der Waals surface area contributed by atoms with Crippen molar-refractivity contribution in [1.82, 2.24) is 9.97 Å². The zero-order valence-corrected chi connectivity index (χ0v) is 19.1. The van der Waals surface area contributed by atoms with Crippen LogP contribution in [-0.4, -0.2) is 9.97 Å². The summed E-state index contributed by atoms with van der Waals surface area (Å²) in [6, 6.07) is 23.0. The molecule has 0 amide bonds. The highest BCUT2D eigenvalue weighted by molar-refractivity contribution is 5.98. The number of para-hydroxylation sites is 1. The Kier molecular flexibility index (Phi) is 4.21. The molecule has 6 aromatic rings. The molecule has 3 aromatic carbocycles. The number of furan rings is 2. The Morgan fingerprint density at radius 3 is 2.42 bits per heavy atom. The van der Waals surface area contributed by atoms with E-state index >= 15 is 0 Å². The van der Waals surface area contributed by atoms with E-state index in [2.05, 4.69) is 67.1 Å². The second kappa shape index (κ2) is 7.04. The van der Waals surface area contributed by atoms with E-state index in [1.54, 1.807) is 6.33 Å². The fraction of sp³-hybridized carbons (Fsp3) is 0.172. The van der Waals surface area contributed by atoms with Crippen LogP contribution in [0.4, 0.5) is 0 Å². The van der Waals surface area contributed by atoms with Crippen LogP contribution in [0, 0.1) is 6.92 Å². The molecule has 0 fully saturated rings. The summed E-state index contributed by atoms with van der Waals surface area (Å²) < 4.78 is 12.4. The molecule has 3 aromatic heterocycles. The first-order valence-electron chi connectivity index (χ1n) is 11.2. The van der Waals surface area contributed by atoms with Crippen LogP contribution in [0.2, 0.25) is 0 Å². The van der Waals surface area contributed by atoms with Gasteiger partial charge in [0.2, 0.25) is 0 Å². The van der Waals surface area contributed by atoms with E-state index in [1.807, 2.05) is 37.3 Å². The SMILES string of the molecule is Cc1cc2cccc(-c3cc4ncnc(-c5cc(C(C)(C)C)c6ccccc6c5)c4o3)c2o1. The van der Waals surface area contributed by atoms with E-state index < -0.39 is 0 Å². The molecule has 162 valence electrons. The summed E-state index contributed by atoms with van der Waals surface area (Å²) in [4.78, 5) is 9.15. The molecule has 0 unspecified atom stereocenters. The van der Waals surface area contributed by atoms with E-state index in [1.165, 1.54) is 16.3 Å². The maximum absolute atomic E-state index is 6.41. The first-order valence-corrected chi connectivity index (χ1v) is 11.2. The van der Waals surface area contributed by atoms with Gasteiger partial charge < -0.3 is 8.83 Å². The molecule has 0 saturated heterocycles. The van der Waals surface area contributed by atoms with Crippen molar-refractivity contribution in [3.63, 3.8) is 0 Å². The van der Waals surface area contributed by atoms with Crippen LogP contribution in [0.3, 0.4) is 0 Å². The van der Waals surface area contributed by atoms with E-state index in [4.69, 9.17) is 8.83 Å². The number of fused-ring (bicyclic) bond motifs is 3. The summed E-state index contributed by atoms with van der Waals surface area (Å²) in [5, 5.41) is 3.51. The molecule has 6 rings (SSSR count). The number of benzene rings is 3. The maximum Gasteiger partial charge on any atom is 0.179 e. The van der Waals surface area contributed by atoms with Gasteiger partial charge in [0.15, 0.2) is 5.58 Å². The summed E-state index contributed by atoms with van der Waals surface area (Å²) in [6.07, 6.45) is 1.61. The molecule has 4 heteroatoms. The average Bonchev–Trinajstić information content (AvgIpc) is 3.39. The quantitative estimate of drug-likeness (QED) is 0.278. The molecule has 0 N–H and O–H groups in total. The Morgan fingerprint density at radius 1 is 0.758 bits per heavy atom. The van der Waals surface area contributed by atoms with Crippen LogP contribution in [0.25, 0.3) is 55.4 Å². The van der Waals surface area contributed by atoms with Crippen molar-refractivity contribution in [2.75, 3.05) is 0 Å². The van der Waals surface area contributed by atoms with Crippen molar-refractivity contribution in [3.05, 3.63) is 84.4 Å². The first kappa shape index (κ1) is 19.7. The Morgan fingerprint density at radius 2 is 1.58 bits per heavy atom. The summed E-state index contributed by atoms with van der Waals surface area (Å²) >= 11 is 0. The molecule has 0 radical (unpaired) electrons. The van der Waals surface area contributed by atoms with Crippen molar-refractivity contribution in [2.24, 2.45) is 0 Å². The number of hydrogen-bond acceptors (Lipinski definition) is 4. The number of hydrogen-bond donors (Lipinski definition) is 0. The van der Waals surface area contributed by atoms with Gasteiger partial charge in [-0.1, -0.05) is 57.2 Å². The van der Waals surface area contributed by atoms with E-state index in [0.29, 0.717) is 5.58 Å². The van der Waals surface area contributed by atoms with Gasteiger partial charge in [-0.3, -0.25) is 0 Å². The summed E-state index contributed by atoms with van der Waals surface area (Å²) in [6.45, 7) is 8.68. The van der Waals surface area contributed by atoms with Gasteiger partial charge in [0.05, 0.1) is 5.56 Å². The molecule has 33 heavy (non-hydrogen) atoms. The molecular weight excluding hydrogens is 408 g/mol. The predicted molar refractivity (Wildman–Crippen MR) is 133 cm³/mol. The average molecular weight is 433 g/mol. The third-order valence-corrected chi connectivity index (χ3v) is 6.19. The van der Waals surface area contributed by atoms with Crippen LogP contribution in [0.5, 0.6) is 0 Å². The smallest absolute Gasteiger partial charge is 0.179 e. The van der Waals surface area contributed by atoms with Crippen LogP contribution >= 0.6 is 0 Å². The monoisotopic (exact) mass is 432 g/mol. The van der Waals surface area contributed by atoms with Gasteiger partial charge in [-0.05, 0) is 52.9 Å². The predicted octanol–water partition coefficient (Wildman–Crippen LogP) is 8.06. The Labute approximate surface area is 191 Å². The van der Waals surface area contributed by atoms with Gasteiger partial charge in [0.25, 0.3) is 0 Å². The lowest BCUT2D eigenvalue weighted by Gasteiger charge is -2.22. The van der Waals surface area contributed by atoms with E-state index in [-0.39, 0.29) is 5.41 Å². The standard InChI is InChI=1S/C29H24N2O2/c1-17-12-19-9-7-11-22(27(19)32-17)25-15-24-28(33-25)26(31-16-30-24)20-13-18-8-5-6-10-21(18)23(14-20)29(2,3)4/h5-16H,1-4H3. The molecule has 0 bridgehead atoms. The fourth-order valence-corrected chi connectivity index (χ4v) is 4.65. The van der Waals surface area contributed by atoms with Gasteiger partial charge in [-0.25, -0.2) is 9.97 Å². The van der Waals surface area contributed by atoms with Gasteiger partial charge in [-0.2, -0.15) is 0 Å². The van der Waals surface area contributed by atoms with Crippen LogP contribution in [0.15, 0.2) is 81.9 Å². The molecule has 0 saturated carbocycles. The lowest BCUT2D eigenvalue weighted by atomic mass is 9.82. The molecule has 0 aliphatic carbocycles. The molecule has 4 nitrogen and oxygen atoms in total. The Bertz CT molecular complexity index is 1660. The highest BCUT2D eigenvalue weighted by atomic mass is 16.3. The zero-order chi connectivity index (χ0) is 22.7. The maximum atomic E-state index is 6.41. The first-order chi connectivity index (χ1) is 15.9. The minimum Gasteiger partial charge on any atom is -0.461 e. The second-order valence-electron chi connectivity index (χ2n) is 9.62. The van der Waals surface area contributed by atoms with Crippen molar-refractivity contribution < 1.29 is 8.83 Å². The normalized spacial score (nSPS) is 12.2. The van der Waals surface area contributed by atoms with Gasteiger partial charge >= 0.3 is 0 Å².